The van der Waals surface area contributed by atoms with Crippen molar-refractivity contribution < 1.29 is 14.3 Å². The molecular weight excluding hydrogens is 440 g/mol. The molecule has 0 fully saturated rings. The van der Waals surface area contributed by atoms with E-state index in [1.165, 1.54) is 7.11 Å². The number of carbonyl (C=O) groups is 2. The van der Waals surface area contributed by atoms with E-state index in [1.807, 2.05) is 41.6 Å². The second-order valence-corrected chi connectivity index (χ2v) is 7.77. The van der Waals surface area contributed by atoms with Crippen molar-refractivity contribution in [2.75, 3.05) is 22.3 Å². The number of hydrazine groups is 1. The largest absolute Gasteiger partial charge is 0.496 e. The van der Waals surface area contributed by atoms with Gasteiger partial charge in [0.1, 0.15) is 5.75 Å². The molecule has 33 heavy (non-hydrogen) atoms. The summed E-state index contributed by atoms with van der Waals surface area (Å²) < 4.78 is 5.25. The number of nitrogens with one attached hydrogen (secondary N) is 2. The molecule has 0 saturated heterocycles. The van der Waals surface area contributed by atoms with Crippen molar-refractivity contribution in [3.8, 4) is 5.75 Å². The van der Waals surface area contributed by atoms with E-state index in [0.29, 0.717) is 22.6 Å². The van der Waals surface area contributed by atoms with Crippen LogP contribution in [0, 0.1) is 0 Å². The molecule has 2 amide bonds. The number of hydrogen-bond donors (Lipinski definition) is 2. The van der Waals surface area contributed by atoms with Crippen molar-refractivity contribution in [2.24, 2.45) is 0 Å². The third kappa shape index (κ3) is 3.68. The predicted molar refractivity (Wildman–Crippen MR) is 128 cm³/mol. The van der Waals surface area contributed by atoms with E-state index in [0.717, 1.165) is 17.1 Å². The quantitative estimate of drug-likeness (QED) is 0.579. The van der Waals surface area contributed by atoms with Crippen LogP contribution in [0.2, 0.25) is 5.02 Å². The molecule has 0 spiro atoms. The lowest BCUT2D eigenvalue weighted by Crippen LogP contribution is -2.37. The molecule has 0 atom stereocenters. The number of ether oxygens (including phenoxy) is 1. The number of carbonyl (C=O) groups excluding carboxylic acids is 2. The van der Waals surface area contributed by atoms with Gasteiger partial charge in [-0.3, -0.25) is 19.5 Å². The zero-order valence-corrected chi connectivity index (χ0v) is 18.3. The summed E-state index contributed by atoms with van der Waals surface area (Å²) in [7, 11) is 1.51. The Labute approximate surface area is 195 Å². The van der Waals surface area contributed by atoms with Gasteiger partial charge in [-0.1, -0.05) is 35.9 Å². The highest BCUT2D eigenvalue weighted by Crippen LogP contribution is 2.38. The molecule has 0 aromatic heterocycles. The molecule has 2 heterocycles. The minimum Gasteiger partial charge on any atom is -0.496 e. The van der Waals surface area contributed by atoms with Crippen molar-refractivity contribution in [3.63, 3.8) is 0 Å². The Balaban J connectivity index is 1.42. The summed E-state index contributed by atoms with van der Waals surface area (Å²) in [5.41, 5.74) is 6.75. The van der Waals surface area contributed by atoms with E-state index >= 15 is 0 Å². The Morgan fingerprint density at radius 1 is 0.970 bits per heavy atom. The highest BCUT2D eigenvalue weighted by Gasteiger charge is 2.30. The van der Waals surface area contributed by atoms with Crippen molar-refractivity contribution in [1.29, 1.82) is 0 Å². The van der Waals surface area contributed by atoms with E-state index in [2.05, 4.69) is 10.7 Å². The van der Waals surface area contributed by atoms with Gasteiger partial charge in [-0.2, -0.15) is 0 Å². The van der Waals surface area contributed by atoms with Gasteiger partial charge in [0.05, 0.1) is 40.3 Å². The molecule has 5 rings (SSSR count). The summed E-state index contributed by atoms with van der Waals surface area (Å²) in [6.45, 7) is 0. The zero-order chi connectivity index (χ0) is 22.9. The molecule has 2 aliphatic heterocycles. The summed E-state index contributed by atoms with van der Waals surface area (Å²) in [5, 5.41) is 4.93. The van der Waals surface area contributed by atoms with Crippen LogP contribution in [0.4, 0.5) is 17.1 Å². The van der Waals surface area contributed by atoms with E-state index in [-0.39, 0.29) is 16.8 Å². The van der Waals surface area contributed by atoms with Crippen LogP contribution in [-0.4, -0.2) is 18.9 Å². The molecule has 0 radical (unpaired) electrons. The van der Waals surface area contributed by atoms with Crippen molar-refractivity contribution >= 4 is 40.5 Å². The normalized spacial score (nSPS) is 13.6. The standard InChI is InChI=1S/C25H19ClN4O3/c1-33-23-9-5-2-6-19(23)24(31)28-16-10-11-18(20(26)14-16)25(32)29-15-17-12-13-27-30(17)22-8-4-3-7-21(22)29/h2-15,27H,1H3,(H,28,31). The van der Waals surface area contributed by atoms with Gasteiger partial charge in [0.15, 0.2) is 0 Å². The molecule has 3 aromatic carbocycles. The summed E-state index contributed by atoms with van der Waals surface area (Å²) in [4.78, 5) is 27.7. The second-order valence-electron chi connectivity index (χ2n) is 7.36. The maximum absolute atomic E-state index is 13.4. The summed E-state index contributed by atoms with van der Waals surface area (Å²) in [5.74, 6) is -0.144. The van der Waals surface area contributed by atoms with E-state index in [1.54, 1.807) is 53.6 Å². The van der Waals surface area contributed by atoms with Gasteiger partial charge in [0.2, 0.25) is 0 Å². The van der Waals surface area contributed by atoms with Crippen LogP contribution >= 0.6 is 11.6 Å². The van der Waals surface area contributed by atoms with Crippen LogP contribution in [0.1, 0.15) is 20.7 Å². The number of methoxy groups -OCH3 is 1. The van der Waals surface area contributed by atoms with Gasteiger partial charge in [-0.05, 0) is 48.5 Å². The number of fused-ring (bicyclic) bond motifs is 3. The number of halogens is 1. The second kappa shape index (κ2) is 8.37. The van der Waals surface area contributed by atoms with Crippen LogP contribution in [0.25, 0.3) is 0 Å². The highest BCUT2D eigenvalue weighted by atomic mass is 35.5. The minimum atomic E-state index is -0.335. The fourth-order valence-electron chi connectivity index (χ4n) is 3.81. The first-order chi connectivity index (χ1) is 16.1. The molecule has 0 aliphatic carbocycles. The van der Waals surface area contributed by atoms with Crippen LogP contribution in [0.15, 0.2) is 90.9 Å². The molecule has 7 nitrogen and oxygen atoms in total. The first-order valence-corrected chi connectivity index (χ1v) is 10.6. The Kier molecular flexibility index (Phi) is 5.24. The van der Waals surface area contributed by atoms with Crippen LogP contribution in [0.3, 0.4) is 0 Å². The average molecular weight is 459 g/mol. The highest BCUT2D eigenvalue weighted by molar-refractivity contribution is 6.35. The van der Waals surface area contributed by atoms with E-state index < -0.39 is 0 Å². The smallest absolute Gasteiger partial charge is 0.263 e. The van der Waals surface area contributed by atoms with E-state index in [9.17, 15) is 9.59 Å². The lowest BCUT2D eigenvalue weighted by Gasteiger charge is -2.33. The van der Waals surface area contributed by atoms with Crippen LogP contribution in [0.5, 0.6) is 5.75 Å². The number of hydrogen-bond acceptors (Lipinski definition) is 5. The first kappa shape index (κ1) is 20.7. The van der Waals surface area contributed by atoms with Gasteiger partial charge in [0.25, 0.3) is 11.8 Å². The molecule has 164 valence electrons. The first-order valence-electron chi connectivity index (χ1n) is 10.2. The average Bonchev–Trinajstić information content (AvgIpc) is 3.32. The van der Waals surface area contributed by atoms with Crippen molar-refractivity contribution in [2.45, 2.75) is 0 Å². The fourth-order valence-corrected chi connectivity index (χ4v) is 4.07. The van der Waals surface area contributed by atoms with Gasteiger partial charge >= 0.3 is 0 Å². The van der Waals surface area contributed by atoms with Gasteiger partial charge in [-0.25, -0.2) is 0 Å². The Hall–Kier alpha value is -4.23. The number of amides is 2. The van der Waals surface area contributed by atoms with Crippen LogP contribution in [-0.2, 0) is 0 Å². The SMILES string of the molecule is COc1ccccc1C(=O)Nc1ccc(C(=O)N2C=C3C=CNN3c3ccccc32)c(Cl)c1. The molecule has 0 saturated carbocycles. The summed E-state index contributed by atoms with van der Waals surface area (Å²) in [6, 6.07) is 19.3. The number of anilines is 3. The lowest BCUT2D eigenvalue weighted by molar-refractivity contribution is 0.0995. The molecule has 8 heteroatoms. The van der Waals surface area contributed by atoms with Crippen LogP contribution < -0.4 is 25.4 Å². The zero-order valence-electron chi connectivity index (χ0n) is 17.6. The third-order valence-electron chi connectivity index (χ3n) is 5.39. The maximum Gasteiger partial charge on any atom is 0.263 e. The van der Waals surface area contributed by atoms with E-state index in [4.69, 9.17) is 16.3 Å². The minimum absolute atomic E-state index is 0.233. The Morgan fingerprint density at radius 2 is 1.73 bits per heavy atom. The third-order valence-corrected chi connectivity index (χ3v) is 5.70. The number of nitrogens with zero attached hydrogens (tertiary/aromatic N) is 2. The monoisotopic (exact) mass is 458 g/mol. The van der Waals surface area contributed by atoms with Crippen molar-refractivity contribution in [1.82, 2.24) is 5.43 Å². The van der Waals surface area contributed by atoms with Gasteiger partial charge in [-0.15, -0.1) is 0 Å². The molecule has 0 bridgehead atoms. The van der Waals surface area contributed by atoms with Gasteiger partial charge in [0, 0.05) is 18.1 Å². The fraction of sp³-hybridized carbons (Fsp3) is 0.0400. The molecule has 0 unspecified atom stereocenters. The Morgan fingerprint density at radius 3 is 2.52 bits per heavy atom. The van der Waals surface area contributed by atoms with Crippen molar-refractivity contribution in [3.05, 3.63) is 107 Å². The Bertz CT molecular complexity index is 1330. The molecule has 3 aromatic rings. The number of para-hydroxylation sites is 3. The lowest BCUT2D eigenvalue weighted by atomic mass is 10.1. The maximum atomic E-state index is 13.4. The topological polar surface area (TPSA) is 73.9 Å². The molecule has 2 N–H and O–H groups in total. The summed E-state index contributed by atoms with van der Waals surface area (Å²) >= 11 is 6.49. The molecular formula is C25H19ClN4O3. The summed E-state index contributed by atoms with van der Waals surface area (Å²) in [6.07, 6.45) is 5.45. The number of rotatable bonds is 4. The molecule has 2 aliphatic rings. The number of allylic oxidation sites excluding steroid dienone is 1. The van der Waals surface area contributed by atoms with Gasteiger partial charge < -0.3 is 15.5 Å². The predicted octanol–water partition coefficient (Wildman–Crippen LogP) is 4.94. The number of benzene rings is 3.